The second-order valence-corrected chi connectivity index (χ2v) is 7.73. The maximum atomic E-state index is 12.1. The summed E-state index contributed by atoms with van der Waals surface area (Å²) < 4.78 is 2.21. The lowest BCUT2D eigenvalue weighted by molar-refractivity contribution is -0.113. The highest BCUT2D eigenvalue weighted by Crippen LogP contribution is 2.19. The Labute approximate surface area is 164 Å². The molecule has 0 saturated heterocycles. The number of hydrazone groups is 1. The van der Waals surface area contributed by atoms with Gasteiger partial charge in [0.2, 0.25) is 11.1 Å². The van der Waals surface area contributed by atoms with E-state index in [0.29, 0.717) is 11.1 Å². The van der Waals surface area contributed by atoms with E-state index in [0.717, 1.165) is 28.7 Å². The predicted octanol–water partition coefficient (Wildman–Crippen LogP) is 3.22. The molecular weight excluding hydrogens is 418 g/mol. The van der Waals surface area contributed by atoms with Crippen LogP contribution in [0.4, 0.5) is 11.6 Å². The molecule has 0 spiro atoms. The van der Waals surface area contributed by atoms with Crippen LogP contribution in [0.1, 0.15) is 32.1 Å². The first-order valence-electron chi connectivity index (χ1n) is 8.32. The number of benzene rings is 1. The van der Waals surface area contributed by atoms with Crippen LogP contribution in [0.5, 0.6) is 0 Å². The number of nitrogen functional groups attached to an aromatic ring is 1. The van der Waals surface area contributed by atoms with Gasteiger partial charge in [0, 0.05) is 15.9 Å². The number of amides is 1. The van der Waals surface area contributed by atoms with Gasteiger partial charge >= 0.3 is 0 Å². The fraction of sp³-hybridized carbons (Fsp3) is 0.375. The van der Waals surface area contributed by atoms with Gasteiger partial charge in [-0.1, -0.05) is 40.2 Å². The minimum Gasteiger partial charge on any atom is -0.334 e. The van der Waals surface area contributed by atoms with Crippen molar-refractivity contribution in [3.8, 4) is 0 Å². The average molecular weight is 438 g/mol. The molecule has 1 aliphatic carbocycles. The highest BCUT2D eigenvalue weighted by atomic mass is 79.9. The standard InChI is InChI=1S/C16H20BrN7OS/c17-11-5-4-8-13(9-11)19-14(25)10-26-16-23-22-15(24(16)18)21-20-12-6-2-1-3-7-12/h4-5,8-9H,1-3,6-7,10,18H2,(H,19,25)(H,21,22). The van der Waals surface area contributed by atoms with Crippen LogP contribution in [0, 0.1) is 0 Å². The molecule has 1 saturated carbocycles. The Morgan fingerprint density at radius 3 is 2.88 bits per heavy atom. The van der Waals surface area contributed by atoms with Gasteiger partial charge < -0.3 is 11.2 Å². The first-order valence-corrected chi connectivity index (χ1v) is 10.1. The molecule has 0 atom stereocenters. The van der Waals surface area contributed by atoms with Crippen LogP contribution in [0.2, 0.25) is 0 Å². The lowest BCUT2D eigenvalue weighted by Crippen LogP contribution is -2.17. The number of halogens is 1. The van der Waals surface area contributed by atoms with Gasteiger partial charge in [0.05, 0.1) is 5.75 Å². The molecule has 1 aromatic heterocycles. The summed E-state index contributed by atoms with van der Waals surface area (Å²) in [6, 6.07) is 7.41. The van der Waals surface area contributed by atoms with E-state index in [1.165, 1.54) is 35.7 Å². The van der Waals surface area contributed by atoms with Gasteiger partial charge in [-0.2, -0.15) is 5.10 Å². The largest absolute Gasteiger partial charge is 0.334 e. The molecule has 26 heavy (non-hydrogen) atoms. The highest BCUT2D eigenvalue weighted by molar-refractivity contribution is 9.10. The molecule has 0 bridgehead atoms. The van der Waals surface area contributed by atoms with Crippen LogP contribution in [-0.4, -0.2) is 32.2 Å². The molecule has 1 amide bonds. The maximum Gasteiger partial charge on any atom is 0.264 e. The second kappa shape index (κ2) is 9.04. The minimum atomic E-state index is -0.145. The summed E-state index contributed by atoms with van der Waals surface area (Å²) in [5, 5.41) is 15.6. The lowest BCUT2D eigenvalue weighted by atomic mass is 9.99. The molecule has 2 aromatic rings. The second-order valence-electron chi connectivity index (χ2n) is 5.87. The summed E-state index contributed by atoms with van der Waals surface area (Å²) in [5.74, 6) is 6.37. The fourth-order valence-electron chi connectivity index (χ4n) is 2.55. The fourth-order valence-corrected chi connectivity index (χ4v) is 3.60. The van der Waals surface area contributed by atoms with E-state index >= 15 is 0 Å². The molecule has 0 radical (unpaired) electrons. The molecule has 1 aromatic carbocycles. The molecule has 10 heteroatoms. The van der Waals surface area contributed by atoms with Gasteiger partial charge in [-0.3, -0.25) is 4.79 Å². The van der Waals surface area contributed by atoms with Gasteiger partial charge in [0.15, 0.2) is 0 Å². The molecular formula is C16H20BrN7OS. The topological polar surface area (TPSA) is 110 Å². The van der Waals surface area contributed by atoms with E-state index in [9.17, 15) is 4.79 Å². The van der Waals surface area contributed by atoms with Crippen LogP contribution < -0.4 is 16.6 Å². The van der Waals surface area contributed by atoms with E-state index in [-0.39, 0.29) is 11.7 Å². The summed E-state index contributed by atoms with van der Waals surface area (Å²) in [5.41, 5.74) is 4.72. The Hall–Kier alpha value is -2.07. The minimum absolute atomic E-state index is 0.145. The first kappa shape index (κ1) is 18.7. The number of carbonyl (C=O) groups excluding carboxylic acids is 1. The van der Waals surface area contributed by atoms with Crippen LogP contribution in [0.25, 0.3) is 0 Å². The molecule has 8 nitrogen and oxygen atoms in total. The van der Waals surface area contributed by atoms with Gasteiger partial charge in [0.25, 0.3) is 5.95 Å². The Morgan fingerprint density at radius 1 is 1.31 bits per heavy atom. The Bertz CT molecular complexity index is 800. The van der Waals surface area contributed by atoms with E-state index < -0.39 is 0 Å². The maximum absolute atomic E-state index is 12.1. The van der Waals surface area contributed by atoms with Crippen molar-refractivity contribution in [2.75, 3.05) is 22.3 Å². The van der Waals surface area contributed by atoms with Crippen molar-refractivity contribution in [3.63, 3.8) is 0 Å². The number of nitrogens with zero attached hydrogens (tertiary/aromatic N) is 4. The van der Waals surface area contributed by atoms with Crippen molar-refractivity contribution >= 4 is 50.9 Å². The zero-order valence-electron chi connectivity index (χ0n) is 14.1. The van der Waals surface area contributed by atoms with Crippen molar-refractivity contribution in [1.82, 2.24) is 14.9 Å². The molecule has 0 unspecified atom stereocenters. The summed E-state index contributed by atoms with van der Waals surface area (Å²) in [4.78, 5) is 12.1. The van der Waals surface area contributed by atoms with Gasteiger partial charge in [-0.25, -0.2) is 10.1 Å². The Morgan fingerprint density at radius 2 is 2.12 bits per heavy atom. The third-order valence-electron chi connectivity index (χ3n) is 3.85. The molecule has 138 valence electrons. The highest BCUT2D eigenvalue weighted by Gasteiger charge is 2.13. The van der Waals surface area contributed by atoms with Crippen molar-refractivity contribution in [2.24, 2.45) is 5.10 Å². The summed E-state index contributed by atoms with van der Waals surface area (Å²) in [6.07, 6.45) is 5.61. The molecule has 1 aliphatic rings. The molecule has 4 N–H and O–H groups in total. The third kappa shape index (κ3) is 5.21. The van der Waals surface area contributed by atoms with Crippen LogP contribution >= 0.6 is 27.7 Å². The normalized spacial score (nSPS) is 14.1. The van der Waals surface area contributed by atoms with Crippen LogP contribution in [0.15, 0.2) is 39.0 Å². The zero-order valence-corrected chi connectivity index (χ0v) is 16.5. The zero-order chi connectivity index (χ0) is 18.4. The summed E-state index contributed by atoms with van der Waals surface area (Å²) in [6.45, 7) is 0. The number of hydrogen-bond donors (Lipinski definition) is 3. The number of nitrogens with one attached hydrogen (secondary N) is 2. The molecule has 3 rings (SSSR count). The number of rotatable bonds is 6. The van der Waals surface area contributed by atoms with Crippen molar-refractivity contribution in [1.29, 1.82) is 0 Å². The van der Waals surface area contributed by atoms with Gasteiger partial charge in [-0.15, -0.1) is 10.2 Å². The summed E-state index contributed by atoms with van der Waals surface area (Å²) in [7, 11) is 0. The van der Waals surface area contributed by atoms with E-state index in [1.54, 1.807) is 0 Å². The number of aromatic nitrogens is 3. The predicted molar refractivity (Wildman–Crippen MR) is 108 cm³/mol. The third-order valence-corrected chi connectivity index (χ3v) is 5.29. The lowest BCUT2D eigenvalue weighted by Gasteiger charge is -2.12. The number of hydrogen-bond acceptors (Lipinski definition) is 7. The molecule has 1 fully saturated rings. The van der Waals surface area contributed by atoms with E-state index in [4.69, 9.17) is 5.84 Å². The first-order chi connectivity index (χ1) is 12.6. The van der Waals surface area contributed by atoms with Gasteiger partial charge in [0.1, 0.15) is 0 Å². The Balaban J connectivity index is 1.52. The van der Waals surface area contributed by atoms with Crippen molar-refractivity contribution in [2.45, 2.75) is 37.3 Å². The number of anilines is 2. The molecule has 1 heterocycles. The van der Waals surface area contributed by atoms with Crippen molar-refractivity contribution < 1.29 is 4.79 Å². The number of nitrogens with two attached hydrogens (primary N) is 1. The quantitative estimate of drug-likeness (QED) is 0.363. The van der Waals surface area contributed by atoms with E-state index in [1.807, 2.05) is 24.3 Å². The number of carbonyl (C=O) groups is 1. The Kier molecular flexibility index (Phi) is 6.51. The molecule has 0 aliphatic heterocycles. The van der Waals surface area contributed by atoms with Crippen LogP contribution in [-0.2, 0) is 4.79 Å². The van der Waals surface area contributed by atoms with Crippen molar-refractivity contribution in [3.05, 3.63) is 28.7 Å². The number of thioether (sulfide) groups is 1. The average Bonchev–Trinajstić information content (AvgIpc) is 2.99. The smallest absolute Gasteiger partial charge is 0.264 e. The SMILES string of the molecule is Nn1c(NN=C2CCCCC2)nnc1SCC(=O)Nc1cccc(Br)c1. The van der Waals surface area contributed by atoms with Crippen LogP contribution in [0.3, 0.4) is 0 Å². The van der Waals surface area contributed by atoms with Gasteiger partial charge in [-0.05, 0) is 43.9 Å². The monoisotopic (exact) mass is 437 g/mol. The van der Waals surface area contributed by atoms with E-state index in [2.05, 4.69) is 42.0 Å². The summed E-state index contributed by atoms with van der Waals surface area (Å²) >= 11 is 4.58.